The van der Waals surface area contributed by atoms with Crippen LogP contribution in [0.1, 0.15) is 36.6 Å². The number of aliphatic carboxylic acids is 2. The summed E-state index contributed by atoms with van der Waals surface area (Å²) >= 11 is 1.91. The molecule has 0 saturated heterocycles. The van der Waals surface area contributed by atoms with Gasteiger partial charge in [0.15, 0.2) is 0 Å². The molecule has 0 aliphatic carbocycles. The second-order valence-corrected chi connectivity index (χ2v) is 7.83. The molecule has 1 atom stereocenters. The summed E-state index contributed by atoms with van der Waals surface area (Å²) in [5, 5.41) is 15.6. The Kier molecular flexibility index (Phi) is 10.3. The van der Waals surface area contributed by atoms with E-state index >= 15 is 0 Å². The number of rotatable bonds is 8. The molecule has 1 unspecified atom stereocenters. The lowest BCUT2D eigenvalue weighted by molar-refractivity contribution is -0.134. The van der Waals surface area contributed by atoms with E-state index in [1.807, 2.05) is 11.8 Å². The van der Waals surface area contributed by atoms with E-state index < -0.39 is 11.9 Å². The highest BCUT2D eigenvalue weighted by Gasteiger charge is 2.24. The maximum absolute atomic E-state index is 9.55. The number of nitrogens with zero attached hydrogens (tertiary/aromatic N) is 1. The zero-order valence-corrected chi connectivity index (χ0v) is 18.7. The molecule has 2 aromatic carbocycles. The Morgan fingerprint density at radius 2 is 1.58 bits per heavy atom. The molecular formula is C24H29NO5S. The standard InChI is InChI=1S/C20H25NOS.C4H4O4/c1-3-21(4-2)13-14-22-20-17-10-6-5-9-16(17)15-23-19-12-8-7-11-18(19)20;5-3(6)1-2-4(7)8/h5-12,20H,3-4,13-15H2,1-2H3;1-2H,(H,5,6)(H,7,8)/b;2-1+. The van der Waals surface area contributed by atoms with Gasteiger partial charge in [-0.3, -0.25) is 0 Å². The van der Waals surface area contributed by atoms with E-state index in [2.05, 4.69) is 67.3 Å². The molecule has 0 radical (unpaired) electrons. The molecule has 0 fully saturated rings. The van der Waals surface area contributed by atoms with Crippen LogP contribution in [0.15, 0.2) is 65.6 Å². The highest BCUT2D eigenvalue weighted by Crippen LogP contribution is 2.40. The van der Waals surface area contributed by atoms with Gasteiger partial charge in [-0.05, 0) is 35.8 Å². The summed E-state index contributed by atoms with van der Waals surface area (Å²) in [6, 6.07) is 17.4. The summed E-state index contributed by atoms with van der Waals surface area (Å²) in [5.74, 6) is -1.50. The van der Waals surface area contributed by atoms with E-state index in [0.717, 1.165) is 32.0 Å². The number of carbonyl (C=O) groups is 2. The minimum atomic E-state index is -1.26. The van der Waals surface area contributed by atoms with Gasteiger partial charge in [0.1, 0.15) is 6.10 Å². The molecule has 0 saturated carbocycles. The van der Waals surface area contributed by atoms with Crippen molar-refractivity contribution in [3.05, 3.63) is 77.4 Å². The number of hydrogen-bond acceptors (Lipinski definition) is 5. The zero-order valence-electron chi connectivity index (χ0n) is 17.9. The van der Waals surface area contributed by atoms with Crippen molar-refractivity contribution in [2.75, 3.05) is 26.2 Å². The first-order valence-corrected chi connectivity index (χ1v) is 11.2. The minimum Gasteiger partial charge on any atom is -0.478 e. The SMILES string of the molecule is CCN(CC)CCOC1c2ccccc2CSc2ccccc21.O=C(O)/C=C/C(=O)O. The number of likely N-dealkylation sites (N-methyl/N-ethyl adjacent to an activating group) is 1. The molecule has 0 amide bonds. The lowest BCUT2D eigenvalue weighted by Gasteiger charge is -2.23. The molecule has 1 heterocycles. The van der Waals surface area contributed by atoms with Gasteiger partial charge < -0.3 is 19.8 Å². The molecule has 7 heteroatoms. The Morgan fingerprint density at radius 3 is 2.19 bits per heavy atom. The van der Waals surface area contributed by atoms with E-state index in [9.17, 15) is 9.59 Å². The van der Waals surface area contributed by atoms with Crippen molar-refractivity contribution < 1.29 is 24.5 Å². The molecule has 0 bridgehead atoms. The molecular weight excluding hydrogens is 414 g/mol. The van der Waals surface area contributed by atoms with E-state index in [-0.39, 0.29) is 6.10 Å². The van der Waals surface area contributed by atoms with Crippen molar-refractivity contribution >= 4 is 23.7 Å². The zero-order chi connectivity index (χ0) is 22.6. The highest BCUT2D eigenvalue weighted by molar-refractivity contribution is 7.98. The second kappa shape index (κ2) is 12.9. The fourth-order valence-electron chi connectivity index (χ4n) is 3.23. The van der Waals surface area contributed by atoms with Gasteiger partial charge in [0.2, 0.25) is 0 Å². The molecule has 31 heavy (non-hydrogen) atoms. The van der Waals surface area contributed by atoms with Crippen LogP contribution in [-0.4, -0.2) is 53.3 Å². The first-order valence-electron chi connectivity index (χ1n) is 10.2. The van der Waals surface area contributed by atoms with E-state index in [0.29, 0.717) is 12.2 Å². The maximum Gasteiger partial charge on any atom is 0.328 e. The average molecular weight is 444 g/mol. The number of ether oxygens (including phenoxy) is 1. The third kappa shape index (κ3) is 7.86. The summed E-state index contributed by atoms with van der Waals surface area (Å²) in [6.07, 6.45) is 1.16. The molecule has 0 aromatic heterocycles. The number of carboxylic acid groups (broad SMARTS) is 2. The van der Waals surface area contributed by atoms with Crippen molar-refractivity contribution in [2.45, 2.75) is 30.6 Å². The van der Waals surface area contributed by atoms with Gasteiger partial charge in [-0.15, -0.1) is 11.8 Å². The molecule has 6 nitrogen and oxygen atoms in total. The van der Waals surface area contributed by atoms with Gasteiger partial charge in [-0.25, -0.2) is 9.59 Å². The number of benzene rings is 2. The Hall–Kier alpha value is -2.61. The van der Waals surface area contributed by atoms with Gasteiger partial charge in [0.25, 0.3) is 0 Å². The van der Waals surface area contributed by atoms with Crippen LogP contribution in [0.3, 0.4) is 0 Å². The first kappa shape index (κ1) is 24.7. The highest BCUT2D eigenvalue weighted by atomic mass is 32.2. The Morgan fingerprint density at radius 1 is 1.00 bits per heavy atom. The Bertz CT molecular complexity index is 832. The quantitative estimate of drug-likeness (QED) is 0.583. The van der Waals surface area contributed by atoms with Crippen molar-refractivity contribution in [2.24, 2.45) is 0 Å². The summed E-state index contributed by atoms with van der Waals surface area (Å²) in [5.41, 5.74) is 4.02. The molecule has 2 N–H and O–H groups in total. The first-order chi connectivity index (χ1) is 15.0. The van der Waals surface area contributed by atoms with Crippen LogP contribution in [0.5, 0.6) is 0 Å². The maximum atomic E-state index is 9.55. The summed E-state index contributed by atoms with van der Waals surface area (Å²) < 4.78 is 6.40. The van der Waals surface area contributed by atoms with Crippen LogP contribution < -0.4 is 0 Å². The number of thioether (sulfide) groups is 1. The molecule has 3 rings (SSSR count). The lowest BCUT2D eigenvalue weighted by Crippen LogP contribution is -2.27. The van der Waals surface area contributed by atoms with Crippen molar-refractivity contribution in [1.82, 2.24) is 4.90 Å². The summed E-state index contributed by atoms with van der Waals surface area (Å²) in [6.45, 7) is 8.31. The second-order valence-electron chi connectivity index (χ2n) is 6.81. The van der Waals surface area contributed by atoms with Crippen molar-refractivity contribution in [1.29, 1.82) is 0 Å². The third-order valence-corrected chi connectivity index (χ3v) is 6.02. The molecule has 166 valence electrons. The topological polar surface area (TPSA) is 87.1 Å². The van der Waals surface area contributed by atoms with Gasteiger partial charge in [0, 0.05) is 29.3 Å². The normalized spacial score (nSPS) is 14.9. The van der Waals surface area contributed by atoms with E-state index in [1.165, 1.54) is 21.6 Å². The fourth-order valence-corrected chi connectivity index (χ4v) is 4.33. The lowest BCUT2D eigenvalue weighted by atomic mass is 9.97. The van der Waals surface area contributed by atoms with Crippen molar-refractivity contribution in [3.63, 3.8) is 0 Å². The molecule has 1 aliphatic rings. The molecule has 2 aromatic rings. The third-order valence-electron chi connectivity index (χ3n) is 4.88. The van der Waals surface area contributed by atoms with Crippen LogP contribution in [-0.2, 0) is 20.1 Å². The van der Waals surface area contributed by atoms with Gasteiger partial charge in [-0.2, -0.15) is 0 Å². The fraction of sp³-hybridized carbons (Fsp3) is 0.333. The van der Waals surface area contributed by atoms with Gasteiger partial charge in [0.05, 0.1) is 6.61 Å². The van der Waals surface area contributed by atoms with Gasteiger partial charge >= 0.3 is 11.9 Å². The Balaban J connectivity index is 0.000000366. The molecule has 0 spiro atoms. The van der Waals surface area contributed by atoms with Crippen LogP contribution in [0.2, 0.25) is 0 Å². The summed E-state index contributed by atoms with van der Waals surface area (Å²) in [7, 11) is 0. The van der Waals surface area contributed by atoms with E-state index in [4.69, 9.17) is 14.9 Å². The number of hydrogen-bond donors (Lipinski definition) is 2. The van der Waals surface area contributed by atoms with Crippen LogP contribution in [0.25, 0.3) is 0 Å². The summed E-state index contributed by atoms with van der Waals surface area (Å²) in [4.78, 5) is 22.9. The predicted molar refractivity (Wildman–Crippen MR) is 122 cm³/mol. The van der Waals surface area contributed by atoms with Crippen LogP contribution in [0, 0.1) is 0 Å². The smallest absolute Gasteiger partial charge is 0.328 e. The van der Waals surface area contributed by atoms with Crippen LogP contribution >= 0.6 is 11.8 Å². The van der Waals surface area contributed by atoms with Crippen LogP contribution in [0.4, 0.5) is 0 Å². The predicted octanol–water partition coefficient (Wildman–Crippen LogP) is 4.45. The number of fused-ring (bicyclic) bond motifs is 2. The molecule has 1 aliphatic heterocycles. The van der Waals surface area contributed by atoms with E-state index in [1.54, 1.807) is 0 Å². The monoisotopic (exact) mass is 443 g/mol. The minimum absolute atomic E-state index is 0.0490. The van der Waals surface area contributed by atoms with Gasteiger partial charge in [-0.1, -0.05) is 56.3 Å². The largest absolute Gasteiger partial charge is 0.478 e. The Labute approximate surface area is 187 Å². The van der Waals surface area contributed by atoms with Crippen molar-refractivity contribution in [3.8, 4) is 0 Å². The average Bonchev–Trinajstić information content (AvgIpc) is 2.93. The number of carboxylic acids is 2.